The van der Waals surface area contributed by atoms with Crippen molar-refractivity contribution in [1.82, 2.24) is 4.90 Å². The summed E-state index contributed by atoms with van der Waals surface area (Å²) in [6.07, 6.45) is 0. The Balaban J connectivity index is 2.08. The maximum atomic E-state index is 11.9. The second-order valence-corrected chi connectivity index (χ2v) is 4.67. The predicted molar refractivity (Wildman–Crippen MR) is 65.5 cm³/mol. The third kappa shape index (κ3) is 2.57. The molecule has 0 aliphatic heterocycles. The summed E-state index contributed by atoms with van der Waals surface area (Å²) >= 11 is 1.54. The highest BCUT2D eigenvalue weighted by Gasteiger charge is 2.20. The number of nitrogens with zero attached hydrogens (tertiary/aromatic N) is 2. The fraction of sp³-hybridized carbons (Fsp3) is 0.182. The fourth-order valence-corrected chi connectivity index (χ4v) is 2.19. The van der Waals surface area contributed by atoms with Crippen molar-refractivity contribution >= 4 is 23.1 Å². The maximum absolute atomic E-state index is 11.9. The van der Waals surface area contributed by atoms with E-state index in [1.54, 1.807) is 18.4 Å². The highest BCUT2D eigenvalue weighted by molar-refractivity contribution is 7.09. The Morgan fingerprint density at radius 3 is 2.83 bits per heavy atom. The zero-order valence-corrected chi connectivity index (χ0v) is 10.3. The van der Waals surface area contributed by atoms with Crippen LogP contribution < -0.4 is 0 Å². The summed E-state index contributed by atoms with van der Waals surface area (Å²) in [7, 11) is 1.62. The van der Waals surface area contributed by atoms with Crippen molar-refractivity contribution < 1.29 is 14.1 Å². The van der Waals surface area contributed by atoms with E-state index < -0.39 is 10.8 Å². The van der Waals surface area contributed by atoms with Crippen molar-refractivity contribution in [2.75, 3.05) is 7.05 Å². The third-order valence-electron chi connectivity index (χ3n) is 2.30. The van der Waals surface area contributed by atoms with Crippen molar-refractivity contribution in [3.63, 3.8) is 0 Å². The molecule has 0 bridgehead atoms. The smallest absolute Gasteiger partial charge is 0.395 e. The molecule has 0 radical (unpaired) electrons. The quantitative estimate of drug-likeness (QED) is 0.629. The Bertz CT molecular complexity index is 561. The summed E-state index contributed by atoms with van der Waals surface area (Å²) in [6.45, 7) is 0.449. The van der Waals surface area contributed by atoms with Crippen LogP contribution in [0, 0.1) is 10.1 Å². The molecule has 1 amide bonds. The predicted octanol–water partition coefficient (Wildman–Crippen LogP) is 2.52. The van der Waals surface area contributed by atoms with Gasteiger partial charge in [-0.2, -0.15) is 0 Å². The Morgan fingerprint density at radius 1 is 1.50 bits per heavy atom. The van der Waals surface area contributed by atoms with E-state index in [9.17, 15) is 14.9 Å². The van der Waals surface area contributed by atoms with Gasteiger partial charge in [0.15, 0.2) is 5.76 Å². The zero-order valence-electron chi connectivity index (χ0n) is 9.53. The number of hydrogen-bond donors (Lipinski definition) is 0. The van der Waals surface area contributed by atoms with Crippen LogP contribution in [0.3, 0.4) is 0 Å². The second-order valence-electron chi connectivity index (χ2n) is 3.64. The SMILES string of the molecule is CN(Cc1cccs1)C(=O)c1ccc([N+](=O)[O-])o1. The molecule has 2 rings (SSSR count). The van der Waals surface area contributed by atoms with Crippen molar-refractivity contribution in [2.45, 2.75) is 6.54 Å². The summed E-state index contributed by atoms with van der Waals surface area (Å²) in [6, 6.07) is 6.30. The number of thiophene rings is 1. The molecule has 94 valence electrons. The second kappa shape index (κ2) is 5.01. The van der Waals surface area contributed by atoms with E-state index in [4.69, 9.17) is 4.42 Å². The van der Waals surface area contributed by atoms with Crippen molar-refractivity contribution in [3.05, 3.63) is 50.4 Å². The van der Waals surface area contributed by atoms with Gasteiger partial charge in [0.05, 0.1) is 12.6 Å². The van der Waals surface area contributed by atoms with Crippen LogP contribution in [-0.4, -0.2) is 22.8 Å². The van der Waals surface area contributed by atoms with Gasteiger partial charge in [0.2, 0.25) is 0 Å². The van der Waals surface area contributed by atoms with Gasteiger partial charge in [-0.05, 0) is 17.5 Å². The number of carbonyl (C=O) groups is 1. The maximum Gasteiger partial charge on any atom is 0.433 e. The van der Waals surface area contributed by atoms with Crippen molar-refractivity contribution in [2.24, 2.45) is 0 Å². The molecule has 0 fully saturated rings. The van der Waals surface area contributed by atoms with Crippen LogP contribution in [0.1, 0.15) is 15.4 Å². The summed E-state index contributed by atoms with van der Waals surface area (Å²) in [5, 5.41) is 12.4. The van der Waals surface area contributed by atoms with E-state index in [1.165, 1.54) is 17.0 Å². The van der Waals surface area contributed by atoms with Gasteiger partial charge in [-0.25, -0.2) is 0 Å². The normalized spacial score (nSPS) is 10.3. The Hall–Kier alpha value is -2.15. The molecule has 0 aliphatic carbocycles. The zero-order chi connectivity index (χ0) is 13.1. The number of hydrogen-bond acceptors (Lipinski definition) is 5. The molecule has 6 nitrogen and oxygen atoms in total. The lowest BCUT2D eigenvalue weighted by Crippen LogP contribution is -2.25. The van der Waals surface area contributed by atoms with Crippen LogP contribution in [0.25, 0.3) is 0 Å². The Kier molecular flexibility index (Phi) is 3.42. The number of carbonyl (C=O) groups excluding carboxylic acids is 1. The minimum absolute atomic E-state index is 0.0271. The van der Waals surface area contributed by atoms with Crippen LogP contribution in [0.4, 0.5) is 5.88 Å². The van der Waals surface area contributed by atoms with Gasteiger partial charge in [-0.1, -0.05) is 6.07 Å². The first-order valence-corrected chi connectivity index (χ1v) is 5.98. The molecule has 2 aromatic heterocycles. The Morgan fingerprint density at radius 2 is 2.28 bits per heavy atom. The van der Waals surface area contributed by atoms with Crippen LogP contribution in [0.5, 0.6) is 0 Å². The van der Waals surface area contributed by atoms with E-state index in [2.05, 4.69) is 0 Å². The molecule has 0 aliphatic rings. The Labute approximate surface area is 107 Å². The van der Waals surface area contributed by atoms with Gasteiger partial charge < -0.3 is 9.32 Å². The highest BCUT2D eigenvalue weighted by Crippen LogP contribution is 2.18. The average Bonchev–Trinajstić information content (AvgIpc) is 2.98. The molecule has 0 saturated heterocycles. The van der Waals surface area contributed by atoms with Crippen LogP contribution in [0.2, 0.25) is 0 Å². The van der Waals surface area contributed by atoms with Gasteiger partial charge in [0.1, 0.15) is 4.92 Å². The number of nitro groups is 1. The molecular formula is C11H10N2O4S. The molecule has 0 unspecified atom stereocenters. The van der Waals surface area contributed by atoms with Gasteiger partial charge >= 0.3 is 5.88 Å². The largest absolute Gasteiger partial charge is 0.433 e. The minimum Gasteiger partial charge on any atom is -0.395 e. The van der Waals surface area contributed by atoms with Crippen LogP contribution >= 0.6 is 11.3 Å². The van der Waals surface area contributed by atoms with Gasteiger partial charge in [0.25, 0.3) is 5.91 Å². The standard InChI is InChI=1S/C11H10N2O4S/c1-12(7-8-3-2-6-18-8)11(14)9-4-5-10(17-9)13(15)16/h2-6H,7H2,1H3. The lowest BCUT2D eigenvalue weighted by molar-refractivity contribution is -0.402. The molecule has 18 heavy (non-hydrogen) atoms. The van der Waals surface area contributed by atoms with E-state index in [1.807, 2.05) is 17.5 Å². The number of rotatable bonds is 4. The molecule has 0 spiro atoms. The lowest BCUT2D eigenvalue weighted by atomic mass is 10.3. The molecule has 7 heteroatoms. The summed E-state index contributed by atoms with van der Waals surface area (Å²) in [4.78, 5) is 24.2. The van der Waals surface area contributed by atoms with Crippen LogP contribution in [0.15, 0.2) is 34.1 Å². The molecule has 0 saturated carbocycles. The monoisotopic (exact) mass is 266 g/mol. The van der Waals surface area contributed by atoms with Gasteiger partial charge in [-0.15, -0.1) is 11.3 Å². The third-order valence-corrected chi connectivity index (χ3v) is 3.16. The topological polar surface area (TPSA) is 76.6 Å². The van der Waals surface area contributed by atoms with Gasteiger partial charge in [0, 0.05) is 11.9 Å². The highest BCUT2D eigenvalue weighted by atomic mass is 32.1. The minimum atomic E-state index is -0.671. The number of amides is 1. The number of furan rings is 1. The molecule has 0 aromatic carbocycles. The van der Waals surface area contributed by atoms with Crippen LogP contribution in [-0.2, 0) is 6.54 Å². The molecule has 2 heterocycles. The van der Waals surface area contributed by atoms with E-state index >= 15 is 0 Å². The molecular weight excluding hydrogens is 256 g/mol. The van der Waals surface area contributed by atoms with Crippen molar-refractivity contribution in [3.8, 4) is 0 Å². The fourth-order valence-electron chi connectivity index (χ4n) is 1.44. The van der Waals surface area contributed by atoms with E-state index in [0.29, 0.717) is 6.54 Å². The molecule has 0 N–H and O–H groups in total. The van der Waals surface area contributed by atoms with Crippen molar-refractivity contribution in [1.29, 1.82) is 0 Å². The first-order chi connectivity index (χ1) is 8.58. The van der Waals surface area contributed by atoms with E-state index in [-0.39, 0.29) is 11.7 Å². The molecule has 2 aromatic rings. The summed E-state index contributed by atoms with van der Waals surface area (Å²) < 4.78 is 4.86. The average molecular weight is 266 g/mol. The van der Waals surface area contributed by atoms with Gasteiger partial charge in [-0.3, -0.25) is 14.9 Å². The van der Waals surface area contributed by atoms with E-state index in [0.717, 1.165) is 4.88 Å². The summed E-state index contributed by atoms with van der Waals surface area (Å²) in [5.74, 6) is -0.833. The first kappa shape index (κ1) is 12.3. The summed E-state index contributed by atoms with van der Waals surface area (Å²) in [5.41, 5.74) is 0. The lowest BCUT2D eigenvalue weighted by Gasteiger charge is -2.13. The molecule has 0 atom stereocenters. The first-order valence-electron chi connectivity index (χ1n) is 5.10.